The van der Waals surface area contributed by atoms with Crippen LogP contribution in [-0.2, 0) is 0 Å². The lowest BCUT2D eigenvalue weighted by Crippen LogP contribution is -2.14. The standard InChI is InChI=1S/C26H20FN3O/c27-20-15-13-18(14-16-20)25(29-23-12-6-7-17-28-23)24-21-10-4-5-11-22(21)30(31)26(24)19-8-2-1-3-9-19/h1-17,25,31H,(H,28,29)/t25-/m1/s1. The van der Waals surface area contributed by atoms with Gasteiger partial charge in [0.15, 0.2) is 0 Å². The summed E-state index contributed by atoms with van der Waals surface area (Å²) >= 11 is 0. The van der Waals surface area contributed by atoms with Crippen molar-refractivity contribution in [2.24, 2.45) is 0 Å². The lowest BCUT2D eigenvalue weighted by atomic mass is 9.93. The molecule has 0 saturated carbocycles. The van der Waals surface area contributed by atoms with Gasteiger partial charge in [-0.3, -0.25) is 0 Å². The molecule has 3 aromatic carbocycles. The first-order chi connectivity index (χ1) is 15.2. The lowest BCUT2D eigenvalue weighted by molar-refractivity contribution is 0.204. The summed E-state index contributed by atoms with van der Waals surface area (Å²) in [6, 6.07) is 29.2. The number of halogens is 1. The third-order valence-corrected chi connectivity index (χ3v) is 5.39. The first kappa shape index (κ1) is 18.9. The van der Waals surface area contributed by atoms with Gasteiger partial charge in [0.05, 0.1) is 17.3 Å². The fraction of sp³-hybridized carbons (Fsp3) is 0.0385. The first-order valence-corrected chi connectivity index (χ1v) is 10.0. The van der Waals surface area contributed by atoms with Gasteiger partial charge in [0, 0.05) is 22.7 Å². The maximum Gasteiger partial charge on any atom is 0.126 e. The van der Waals surface area contributed by atoms with Crippen molar-refractivity contribution in [2.75, 3.05) is 5.32 Å². The van der Waals surface area contributed by atoms with Crippen LogP contribution in [0.3, 0.4) is 0 Å². The number of nitrogens with zero attached hydrogens (tertiary/aromatic N) is 2. The Balaban J connectivity index is 1.79. The summed E-state index contributed by atoms with van der Waals surface area (Å²) < 4.78 is 14.9. The Morgan fingerprint density at radius 2 is 1.52 bits per heavy atom. The van der Waals surface area contributed by atoms with E-state index >= 15 is 0 Å². The van der Waals surface area contributed by atoms with E-state index in [1.165, 1.54) is 16.9 Å². The Bertz CT molecular complexity index is 1320. The van der Waals surface area contributed by atoms with Gasteiger partial charge in [-0.05, 0) is 35.9 Å². The third kappa shape index (κ3) is 3.51. The fourth-order valence-electron chi connectivity index (χ4n) is 3.99. The van der Waals surface area contributed by atoms with Crippen molar-refractivity contribution in [1.29, 1.82) is 0 Å². The van der Waals surface area contributed by atoms with Crippen LogP contribution in [0.1, 0.15) is 17.2 Å². The van der Waals surface area contributed by atoms with Gasteiger partial charge >= 0.3 is 0 Å². The predicted molar refractivity (Wildman–Crippen MR) is 121 cm³/mol. The fourth-order valence-corrected chi connectivity index (χ4v) is 3.99. The van der Waals surface area contributed by atoms with Crippen molar-refractivity contribution in [3.05, 3.63) is 120 Å². The maximum absolute atomic E-state index is 13.7. The first-order valence-electron chi connectivity index (χ1n) is 10.0. The van der Waals surface area contributed by atoms with Gasteiger partial charge in [-0.15, -0.1) is 0 Å². The van der Waals surface area contributed by atoms with E-state index in [1.54, 1.807) is 18.3 Å². The van der Waals surface area contributed by atoms with Gasteiger partial charge in [-0.2, -0.15) is 4.73 Å². The van der Waals surface area contributed by atoms with Crippen LogP contribution >= 0.6 is 0 Å². The molecule has 1 atom stereocenters. The summed E-state index contributed by atoms with van der Waals surface area (Å²) in [4.78, 5) is 4.42. The third-order valence-electron chi connectivity index (χ3n) is 5.39. The average Bonchev–Trinajstić information content (AvgIpc) is 3.12. The molecule has 0 unspecified atom stereocenters. The highest BCUT2D eigenvalue weighted by atomic mass is 19.1. The molecule has 31 heavy (non-hydrogen) atoms. The van der Waals surface area contributed by atoms with Crippen LogP contribution in [0.2, 0.25) is 0 Å². The van der Waals surface area contributed by atoms with Crippen molar-refractivity contribution in [1.82, 2.24) is 9.71 Å². The second kappa shape index (κ2) is 7.95. The van der Waals surface area contributed by atoms with Crippen LogP contribution in [0.25, 0.3) is 22.2 Å². The normalized spacial score (nSPS) is 12.0. The minimum absolute atomic E-state index is 0.298. The highest BCUT2D eigenvalue weighted by Gasteiger charge is 2.26. The number of hydrogen-bond acceptors (Lipinski definition) is 3. The number of benzene rings is 3. The molecule has 0 spiro atoms. The SMILES string of the molecule is On1c(-c2ccccc2)c([C@H](Nc2ccccn2)c2ccc(F)cc2)c2ccccc21. The van der Waals surface area contributed by atoms with E-state index in [0.29, 0.717) is 17.0 Å². The molecule has 0 saturated heterocycles. The van der Waals surface area contributed by atoms with Crippen LogP contribution in [0.4, 0.5) is 10.2 Å². The number of para-hydroxylation sites is 1. The second-order valence-corrected chi connectivity index (χ2v) is 7.30. The highest BCUT2D eigenvalue weighted by molar-refractivity contribution is 5.93. The molecule has 0 aliphatic rings. The molecule has 4 nitrogen and oxygen atoms in total. The van der Waals surface area contributed by atoms with E-state index in [1.807, 2.05) is 72.8 Å². The molecule has 5 heteroatoms. The Labute approximate surface area is 179 Å². The van der Waals surface area contributed by atoms with Gasteiger partial charge in [-0.1, -0.05) is 66.7 Å². The van der Waals surface area contributed by atoms with E-state index in [-0.39, 0.29) is 11.9 Å². The zero-order valence-electron chi connectivity index (χ0n) is 16.6. The summed E-state index contributed by atoms with van der Waals surface area (Å²) in [7, 11) is 0. The molecule has 0 amide bonds. The molecular formula is C26H20FN3O. The van der Waals surface area contributed by atoms with Gasteiger partial charge in [0.2, 0.25) is 0 Å². The minimum Gasteiger partial charge on any atom is -0.428 e. The summed E-state index contributed by atoms with van der Waals surface area (Å²) in [5, 5.41) is 15.5. The Morgan fingerprint density at radius 3 is 2.26 bits per heavy atom. The van der Waals surface area contributed by atoms with Gasteiger partial charge in [-0.25, -0.2) is 9.37 Å². The summed E-state index contributed by atoms with van der Waals surface area (Å²) in [5.41, 5.74) is 4.01. The topological polar surface area (TPSA) is 50.1 Å². The van der Waals surface area contributed by atoms with Crippen molar-refractivity contribution in [3.63, 3.8) is 0 Å². The molecular weight excluding hydrogens is 389 g/mol. The van der Waals surface area contributed by atoms with E-state index in [2.05, 4.69) is 10.3 Å². The molecule has 5 aromatic rings. The van der Waals surface area contributed by atoms with Crippen LogP contribution < -0.4 is 5.32 Å². The molecule has 5 rings (SSSR count). The van der Waals surface area contributed by atoms with Gasteiger partial charge in [0.25, 0.3) is 0 Å². The number of rotatable bonds is 5. The Morgan fingerprint density at radius 1 is 0.806 bits per heavy atom. The number of aromatic nitrogens is 2. The van der Waals surface area contributed by atoms with Gasteiger partial charge < -0.3 is 10.5 Å². The monoisotopic (exact) mass is 409 g/mol. The van der Waals surface area contributed by atoms with Crippen molar-refractivity contribution in [3.8, 4) is 11.3 Å². The van der Waals surface area contributed by atoms with E-state index in [0.717, 1.165) is 22.1 Å². The molecule has 0 aliphatic carbocycles. The zero-order chi connectivity index (χ0) is 21.2. The van der Waals surface area contributed by atoms with Crippen LogP contribution in [0, 0.1) is 5.82 Å². The highest BCUT2D eigenvalue weighted by Crippen LogP contribution is 2.40. The summed E-state index contributed by atoms with van der Waals surface area (Å²) in [5.74, 6) is 0.388. The zero-order valence-corrected chi connectivity index (χ0v) is 16.6. The van der Waals surface area contributed by atoms with Crippen LogP contribution in [-0.4, -0.2) is 14.9 Å². The molecule has 152 valence electrons. The van der Waals surface area contributed by atoms with E-state index in [9.17, 15) is 9.60 Å². The minimum atomic E-state index is -0.371. The van der Waals surface area contributed by atoms with Gasteiger partial charge in [0.1, 0.15) is 11.6 Å². The molecule has 0 bridgehead atoms. The van der Waals surface area contributed by atoms with Crippen molar-refractivity contribution >= 4 is 16.7 Å². The molecule has 0 radical (unpaired) electrons. The Hall–Kier alpha value is -4.12. The number of nitrogens with one attached hydrogen (secondary N) is 1. The lowest BCUT2D eigenvalue weighted by Gasteiger charge is -2.22. The van der Waals surface area contributed by atoms with Crippen LogP contribution in [0.5, 0.6) is 0 Å². The van der Waals surface area contributed by atoms with E-state index < -0.39 is 0 Å². The summed E-state index contributed by atoms with van der Waals surface area (Å²) in [6.07, 6.45) is 1.72. The molecule has 2 aromatic heterocycles. The largest absolute Gasteiger partial charge is 0.428 e. The van der Waals surface area contributed by atoms with Crippen molar-refractivity contribution in [2.45, 2.75) is 6.04 Å². The number of fused-ring (bicyclic) bond motifs is 1. The Kier molecular flexibility index (Phi) is 4.84. The van der Waals surface area contributed by atoms with E-state index in [4.69, 9.17) is 0 Å². The van der Waals surface area contributed by atoms with Crippen LogP contribution in [0.15, 0.2) is 103 Å². The molecule has 2 heterocycles. The second-order valence-electron chi connectivity index (χ2n) is 7.30. The number of pyridine rings is 1. The average molecular weight is 409 g/mol. The quantitative estimate of drug-likeness (QED) is 0.336. The number of hydrogen-bond donors (Lipinski definition) is 2. The molecule has 0 aliphatic heterocycles. The van der Waals surface area contributed by atoms with Crippen molar-refractivity contribution < 1.29 is 9.60 Å². The predicted octanol–water partition coefficient (Wildman–Crippen LogP) is 6.28. The maximum atomic E-state index is 13.7. The number of anilines is 1. The smallest absolute Gasteiger partial charge is 0.126 e. The molecule has 2 N–H and O–H groups in total. The molecule has 0 fully saturated rings. The summed E-state index contributed by atoms with van der Waals surface area (Å²) in [6.45, 7) is 0.